The van der Waals surface area contributed by atoms with E-state index in [1.165, 1.54) is 0 Å². The van der Waals surface area contributed by atoms with Gasteiger partial charge < -0.3 is 4.90 Å². The number of amides is 1. The molecule has 0 spiro atoms. The van der Waals surface area contributed by atoms with Crippen molar-refractivity contribution in [2.24, 2.45) is 0 Å². The summed E-state index contributed by atoms with van der Waals surface area (Å²) in [7, 11) is -3.73. The maximum absolute atomic E-state index is 13.0. The number of benzene rings is 3. The summed E-state index contributed by atoms with van der Waals surface area (Å²) < 4.78 is 28.4. The number of hydrogen-bond acceptors (Lipinski definition) is 3. The van der Waals surface area contributed by atoms with Gasteiger partial charge in [-0.15, -0.1) is 0 Å². The zero-order valence-corrected chi connectivity index (χ0v) is 18.0. The van der Waals surface area contributed by atoms with Crippen molar-refractivity contribution in [1.29, 1.82) is 0 Å². The minimum Gasteiger partial charge on any atom is -0.308 e. The minimum absolute atomic E-state index is 0.146. The molecule has 0 fully saturated rings. The lowest BCUT2D eigenvalue weighted by Gasteiger charge is -2.30. The maximum atomic E-state index is 13.0. The second-order valence-electron chi connectivity index (χ2n) is 7.34. The van der Waals surface area contributed by atoms with E-state index in [0.717, 1.165) is 23.2 Å². The molecule has 0 aliphatic carbocycles. The molecule has 0 saturated carbocycles. The van der Waals surface area contributed by atoms with Crippen LogP contribution in [0.4, 0.5) is 11.4 Å². The topological polar surface area (TPSA) is 66.5 Å². The number of anilines is 2. The first-order chi connectivity index (χ1) is 14.3. The number of rotatable bonds is 4. The van der Waals surface area contributed by atoms with Crippen LogP contribution >= 0.6 is 11.6 Å². The highest BCUT2D eigenvalue weighted by molar-refractivity contribution is 7.92. The summed E-state index contributed by atoms with van der Waals surface area (Å²) in [6.45, 7) is 2.48. The minimum atomic E-state index is -3.73. The van der Waals surface area contributed by atoms with Crippen LogP contribution in [0.5, 0.6) is 0 Å². The molecule has 1 aliphatic rings. The van der Waals surface area contributed by atoms with Crippen LogP contribution in [0.1, 0.15) is 27.9 Å². The van der Waals surface area contributed by atoms with Gasteiger partial charge in [0.25, 0.3) is 15.9 Å². The lowest BCUT2D eigenvalue weighted by atomic mass is 10.0. The second-order valence-corrected chi connectivity index (χ2v) is 9.46. The number of aryl methyl sites for hydroxylation is 2. The van der Waals surface area contributed by atoms with Gasteiger partial charge >= 0.3 is 0 Å². The lowest BCUT2D eigenvalue weighted by molar-refractivity contribution is 0.0985. The normalized spacial score (nSPS) is 13.6. The lowest BCUT2D eigenvalue weighted by Crippen LogP contribution is -2.35. The number of halogens is 1. The molecule has 1 N–H and O–H groups in total. The first-order valence-corrected chi connectivity index (χ1v) is 11.5. The second kappa shape index (κ2) is 8.13. The first-order valence-electron chi connectivity index (χ1n) is 9.63. The van der Waals surface area contributed by atoms with Crippen molar-refractivity contribution in [3.8, 4) is 0 Å². The highest BCUT2D eigenvalue weighted by atomic mass is 35.5. The molecule has 0 radical (unpaired) electrons. The Labute approximate surface area is 181 Å². The van der Waals surface area contributed by atoms with Gasteiger partial charge in [0.15, 0.2) is 0 Å². The van der Waals surface area contributed by atoms with Crippen molar-refractivity contribution in [1.82, 2.24) is 0 Å². The Bertz CT molecular complexity index is 1220. The third kappa shape index (κ3) is 4.20. The SMILES string of the molecule is Cc1cccc(NS(=O)(=O)c2ccc3c(c2)CCCN3C(=O)c2cccc(Cl)c2)c1. The fourth-order valence-electron chi connectivity index (χ4n) is 3.65. The molecule has 5 nitrogen and oxygen atoms in total. The zero-order chi connectivity index (χ0) is 21.3. The largest absolute Gasteiger partial charge is 0.308 e. The number of fused-ring (bicyclic) bond motifs is 1. The molecular weight excluding hydrogens is 420 g/mol. The van der Waals surface area contributed by atoms with Crippen molar-refractivity contribution in [3.05, 3.63) is 88.4 Å². The van der Waals surface area contributed by atoms with Crippen molar-refractivity contribution in [2.75, 3.05) is 16.2 Å². The Morgan fingerprint density at radius 2 is 1.83 bits per heavy atom. The number of hydrogen-bond donors (Lipinski definition) is 1. The maximum Gasteiger partial charge on any atom is 0.261 e. The number of carbonyl (C=O) groups is 1. The van der Waals surface area contributed by atoms with E-state index < -0.39 is 10.0 Å². The zero-order valence-electron chi connectivity index (χ0n) is 16.4. The molecule has 1 heterocycles. The van der Waals surface area contributed by atoms with Crippen LogP contribution in [0.15, 0.2) is 71.6 Å². The van der Waals surface area contributed by atoms with Gasteiger partial charge in [0, 0.05) is 28.5 Å². The molecule has 4 rings (SSSR count). The van der Waals surface area contributed by atoms with Gasteiger partial charge in [-0.3, -0.25) is 9.52 Å². The predicted molar refractivity (Wildman–Crippen MR) is 120 cm³/mol. The van der Waals surface area contributed by atoms with E-state index in [9.17, 15) is 13.2 Å². The van der Waals surface area contributed by atoms with Crippen LogP contribution in [-0.4, -0.2) is 20.9 Å². The fraction of sp³-hybridized carbons (Fsp3) is 0.174. The van der Waals surface area contributed by atoms with Crippen LogP contribution in [0, 0.1) is 6.92 Å². The molecule has 0 saturated heterocycles. The molecule has 1 aliphatic heterocycles. The highest BCUT2D eigenvalue weighted by Crippen LogP contribution is 2.31. The average Bonchev–Trinajstić information content (AvgIpc) is 2.72. The predicted octanol–water partition coefficient (Wildman–Crippen LogP) is 5.04. The number of nitrogens with zero attached hydrogens (tertiary/aromatic N) is 1. The van der Waals surface area contributed by atoms with Crippen LogP contribution in [0.3, 0.4) is 0 Å². The van der Waals surface area contributed by atoms with E-state index in [2.05, 4.69) is 4.72 Å². The molecule has 154 valence electrons. The smallest absolute Gasteiger partial charge is 0.261 e. The molecule has 0 unspecified atom stereocenters. The molecule has 0 aromatic heterocycles. The van der Waals surface area contributed by atoms with Crippen molar-refractivity contribution in [2.45, 2.75) is 24.7 Å². The summed E-state index contributed by atoms with van der Waals surface area (Å²) in [5, 5.41) is 0.502. The van der Waals surface area contributed by atoms with Gasteiger partial charge in [-0.25, -0.2) is 8.42 Å². The van der Waals surface area contributed by atoms with E-state index in [1.54, 1.807) is 65.6 Å². The summed E-state index contributed by atoms with van der Waals surface area (Å²) in [6.07, 6.45) is 1.47. The summed E-state index contributed by atoms with van der Waals surface area (Å²) in [4.78, 5) is 14.9. The molecule has 30 heavy (non-hydrogen) atoms. The highest BCUT2D eigenvalue weighted by Gasteiger charge is 2.26. The fourth-order valence-corrected chi connectivity index (χ4v) is 4.94. The molecule has 0 atom stereocenters. The molecule has 3 aromatic carbocycles. The van der Waals surface area contributed by atoms with Crippen LogP contribution in [0.25, 0.3) is 0 Å². The van der Waals surface area contributed by atoms with Gasteiger partial charge in [0.2, 0.25) is 0 Å². The Hall–Kier alpha value is -2.83. The van der Waals surface area contributed by atoms with Crippen molar-refractivity contribution >= 4 is 38.9 Å². The van der Waals surface area contributed by atoms with Crippen molar-refractivity contribution < 1.29 is 13.2 Å². The summed E-state index contributed by atoms with van der Waals surface area (Å²) in [5.74, 6) is -0.146. The third-order valence-corrected chi connectivity index (χ3v) is 6.68. The van der Waals surface area contributed by atoms with Crippen molar-refractivity contribution in [3.63, 3.8) is 0 Å². The van der Waals surface area contributed by atoms with E-state index in [4.69, 9.17) is 11.6 Å². The number of carbonyl (C=O) groups excluding carboxylic acids is 1. The number of sulfonamides is 1. The average molecular weight is 441 g/mol. The van der Waals surface area contributed by atoms with Gasteiger partial charge in [-0.1, -0.05) is 29.8 Å². The Balaban J connectivity index is 1.64. The monoisotopic (exact) mass is 440 g/mol. The van der Waals surface area contributed by atoms with Crippen LogP contribution in [0.2, 0.25) is 5.02 Å². The summed E-state index contributed by atoms with van der Waals surface area (Å²) in [5.41, 5.74) is 3.57. The standard InChI is InChI=1S/C23H21ClN2O3S/c1-16-5-2-9-20(13-16)25-30(28,29)21-10-11-22-17(15-21)7-4-12-26(22)23(27)18-6-3-8-19(24)14-18/h2-3,5-6,8-11,13-15,25H,4,7,12H2,1H3. The molecule has 1 amide bonds. The summed E-state index contributed by atoms with van der Waals surface area (Å²) >= 11 is 6.03. The first kappa shape index (κ1) is 20.4. The Morgan fingerprint density at radius 1 is 1.03 bits per heavy atom. The van der Waals surface area contributed by atoms with E-state index >= 15 is 0 Å². The van der Waals surface area contributed by atoms with E-state index in [0.29, 0.717) is 29.2 Å². The third-order valence-electron chi connectivity index (χ3n) is 5.07. The van der Waals surface area contributed by atoms with Gasteiger partial charge in [0.1, 0.15) is 0 Å². The summed E-state index contributed by atoms with van der Waals surface area (Å²) in [6, 6.07) is 19.0. The quantitative estimate of drug-likeness (QED) is 0.617. The molecule has 3 aromatic rings. The molecule has 0 bridgehead atoms. The number of nitrogens with one attached hydrogen (secondary N) is 1. The van der Waals surface area contributed by atoms with Crippen LogP contribution in [-0.2, 0) is 16.4 Å². The van der Waals surface area contributed by atoms with Gasteiger partial charge in [-0.05, 0) is 79.4 Å². The Kier molecular flexibility index (Phi) is 5.54. The molecular formula is C23H21ClN2O3S. The molecule has 7 heteroatoms. The van der Waals surface area contributed by atoms with E-state index in [-0.39, 0.29) is 10.8 Å². The van der Waals surface area contributed by atoms with E-state index in [1.807, 2.05) is 13.0 Å². The van der Waals surface area contributed by atoms with Crippen LogP contribution < -0.4 is 9.62 Å². The van der Waals surface area contributed by atoms with Gasteiger partial charge in [-0.2, -0.15) is 0 Å². The van der Waals surface area contributed by atoms with Gasteiger partial charge in [0.05, 0.1) is 4.90 Å². The Morgan fingerprint density at radius 3 is 2.60 bits per heavy atom.